The molecule has 1 atom stereocenters. The molecule has 0 saturated carbocycles. The number of pyridine rings is 1. The lowest BCUT2D eigenvalue weighted by molar-refractivity contribution is -0.121. The minimum absolute atomic E-state index is 0.0564. The van der Waals surface area contributed by atoms with Crippen LogP contribution in [-0.2, 0) is 17.8 Å². The van der Waals surface area contributed by atoms with Gasteiger partial charge in [-0.3, -0.25) is 9.78 Å². The minimum Gasteiger partial charge on any atom is -0.350 e. The van der Waals surface area contributed by atoms with E-state index in [1.165, 1.54) is 0 Å². The molecule has 1 amide bonds. The van der Waals surface area contributed by atoms with Crippen LogP contribution in [0.3, 0.4) is 0 Å². The van der Waals surface area contributed by atoms with Gasteiger partial charge in [0, 0.05) is 18.7 Å². The first-order valence-corrected chi connectivity index (χ1v) is 7.20. The van der Waals surface area contributed by atoms with Crippen LogP contribution in [0.4, 0.5) is 0 Å². The Morgan fingerprint density at radius 1 is 1.24 bits per heavy atom. The number of nitrogens with one attached hydrogen (secondary N) is 1. The first kappa shape index (κ1) is 15.2. The van der Waals surface area contributed by atoms with Gasteiger partial charge in [-0.15, -0.1) is 0 Å². The summed E-state index contributed by atoms with van der Waals surface area (Å²) in [6.45, 7) is 2.53. The van der Waals surface area contributed by atoms with Crippen LogP contribution in [0, 0.1) is 0 Å². The Bertz CT molecular complexity index is 584. The number of hydrogen-bond donors (Lipinski definition) is 2. The molecule has 2 rings (SSSR count). The second-order valence-electron chi connectivity index (χ2n) is 4.96. The number of aryl methyl sites for hydroxylation is 1. The number of aromatic nitrogens is 1. The van der Waals surface area contributed by atoms with E-state index in [9.17, 15) is 4.79 Å². The fourth-order valence-electron chi connectivity index (χ4n) is 2.22. The molecular formula is C17H21N3O. The second-order valence-corrected chi connectivity index (χ2v) is 4.96. The summed E-state index contributed by atoms with van der Waals surface area (Å²) in [5.74, 6) is -0.0564. The molecule has 0 aliphatic rings. The Morgan fingerprint density at radius 2 is 2.00 bits per heavy atom. The van der Waals surface area contributed by atoms with Crippen LogP contribution in [0.25, 0.3) is 0 Å². The molecule has 4 heteroatoms. The lowest BCUT2D eigenvalue weighted by Crippen LogP contribution is -2.27. The monoisotopic (exact) mass is 283 g/mol. The van der Waals surface area contributed by atoms with Crippen LogP contribution in [-0.4, -0.2) is 10.9 Å². The standard InChI is InChI=1S/C17H21N3O/c1-2-13-9-6-10-19-16(13)12-20-17(21)11-15(18)14-7-4-3-5-8-14/h3-10,15H,2,11-12,18H2,1H3,(H,20,21). The zero-order valence-electron chi connectivity index (χ0n) is 12.3. The van der Waals surface area contributed by atoms with E-state index >= 15 is 0 Å². The molecule has 3 N–H and O–H groups in total. The molecule has 4 nitrogen and oxygen atoms in total. The van der Waals surface area contributed by atoms with Crippen molar-refractivity contribution in [1.29, 1.82) is 0 Å². The molecule has 0 aliphatic carbocycles. The molecule has 1 aromatic heterocycles. The molecule has 2 aromatic rings. The van der Waals surface area contributed by atoms with Crippen molar-refractivity contribution in [1.82, 2.24) is 10.3 Å². The molecule has 0 radical (unpaired) electrons. The quantitative estimate of drug-likeness (QED) is 0.855. The van der Waals surface area contributed by atoms with Gasteiger partial charge in [0.05, 0.1) is 12.2 Å². The third-order valence-corrected chi connectivity index (χ3v) is 3.45. The average Bonchev–Trinajstić information content (AvgIpc) is 2.54. The highest BCUT2D eigenvalue weighted by molar-refractivity contribution is 5.76. The van der Waals surface area contributed by atoms with Gasteiger partial charge in [0.15, 0.2) is 0 Å². The number of benzene rings is 1. The van der Waals surface area contributed by atoms with Gasteiger partial charge in [0.25, 0.3) is 0 Å². The van der Waals surface area contributed by atoms with E-state index in [-0.39, 0.29) is 18.4 Å². The second kappa shape index (κ2) is 7.55. The summed E-state index contributed by atoms with van der Waals surface area (Å²) in [7, 11) is 0. The number of amides is 1. The minimum atomic E-state index is -0.277. The van der Waals surface area contributed by atoms with Crippen molar-refractivity contribution in [2.45, 2.75) is 32.4 Å². The predicted octanol–water partition coefficient (Wildman–Crippen LogP) is 2.35. The van der Waals surface area contributed by atoms with E-state index in [2.05, 4.69) is 17.2 Å². The van der Waals surface area contributed by atoms with Gasteiger partial charge in [-0.1, -0.05) is 43.3 Å². The summed E-state index contributed by atoms with van der Waals surface area (Å²) >= 11 is 0. The molecule has 0 saturated heterocycles. The maximum absolute atomic E-state index is 12.0. The fraction of sp³-hybridized carbons (Fsp3) is 0.294. The van der Waals surface area contributed by atoms with Crippen LogP contribution < -0.4 is 11.1 Å². The summed E-state index contributed by atoms with van der Waals surface area (Å²) in [5.41, 5.74) is 9.09. The van der Waals surface area contributed by atoms with Gasteiger partial charge in [-0.05, 0) is 23.6 Å². The van der Waals surface area contributed by atoms with Crippen molar-refractivity contribution < 1.29 is 4.79 Å². The van der Waals surface area contributed by atoms with E-state index in [1.54, 1.807) is 6.20 Å². The maximum atomic E-state index is 12.0. The molecule has 21 heavy (non-hydrogen) atoms. The number of rotatable bonds is 6. The van der Waals surface area contributed by atoms with Crippen LogP contribution in [0.2, 0.25) is 0 Å². The van der Waals surface area contributed by atoms with Crippen molar-refractivity contribution in [2.75, 3.05) is 0 Å². The highest BCUT2D eigenvalue weighted by Crippen LogP contribution is 2.13. The molecule has 0 aliphatic heterocycles. The number of nitrogens with zero attached hydrogens (tertiary/aromatic N) is 1. The van der Waals surface area contributed by atoms with Gasteiger partial charge in [0.2, 0.25) is 5.91 Å². The first-order valence-electron chi connectivity index (χ1n) is 7.20. The Labute approximate surface area is 125 Å². The predicted molar refractivity (Wildman–Crippen MR) is 83.4 cm³/mol. The van der Waals surface area contributed by atoms with E-state index in [4.69, 9.17) is 5.73 Å². The van der Waals surface area contributed by atoms with Gasteiger partial charge in [0.1, 0.15) is 0 Å². The van der Waals surface area contributed by atoms with Gasteiger partial charge in [-0.2, -0.15) is 0 Å². The SMILES string of the molecule is CCc1cccnc1CNC(=O)CC(N)c1ccccc1. The lowest BCUT2D eigenvalue weighted by Gasteiger charge is -2.13. The van der Waals surface area contributed by atoms with E-state index in [0.717, 1.165) is 23.2 Å². The summed E-state index contributed by atoms with van der Waals surface area (Å²) in [5, 5.41) is 2.89. The Hall–Kier alpha value is -2.20. The van der Waals surface area contributed by atoms with Gasteiger partial charge >= 0.3 is 0 Å². The smallest absolute Gasteiger partial charge is 0.222 e. The van der Waals surface area contributed by atoms with E-state index in [1.807, 2.05) is 42.5 Å². The Morgan fingerprint density at radius 3 is 2.71 bits per heavy atom. The third kappa shape index (κ3) is 4.39. The molecule has 0 bridgehead atoms. The molecule has 0 spiro atoms. The van der Waals surface area contributed by atoms with Gasteiger partial charge in [-0.25, -0.2) is 0 Å². The largest absolute Gasteiger partial charge is 0.350 e. The van der Waals surface area contributed by atoms with Crippen molar-refractivity contribution in [3.8, 4) is 0 Å². The number of carbonyl (C=O) groups excluding carboxylic acids is 1. The first-order chi connectivity index (χ1) is 10.2. The van der Waals surface area contributed by atoms with Gasteiger partial charge < -0.3 is 11.1 Å². The maximum Gasteiger partial charge on any atom is 0.222 e. The molecule has 1 heterocycles. The van der Waals surface area contributed by atoms with Crippen molar-refractivity contribution in [3.63, 3.8) is 0 Å². The van der Waals surface area contributed by atoms with Crippen LogP contribution in [0.1, 0.15) is 36.2 Å². The Kier molecular flexibility index (Phi) is 5.46. The average molecular weight is 283 g/mol. The molecule has 110 valence electrons. The number of carbonyl (C=O) groups is 1. The van der Waals surface area contributed by atoms with E-state index < -0.39 is 0 Å². The zero-order valence-corrected chi connectivity index (χ0v) is 12.3. The van der Waals surface area contributed by atoms with Crippen molar-refractivity contribution in [3.05, 3.63) is 65.5 Å². The normalized spacial score (nSPS) is 11.9. The summed E-state index contributed by atoms with van der Waals surface area (Å²) in [6.07, 6.45) is 2.93. The van der Waals surface area contributed by atoms with Crippen LogP contribution >= 0.6 is 0 Å². The Balaban J connectivity index is 1.88. The van der Waals surface area contributed by atoms with E-state index in [0.29, 0.717) is 6.54 Å². The van der Waals surface area contributed by atoms with Crippen LogP contribution in [0.5, 0.6) is 0 Å². The highest BCUT2D eigenvalue weighted by atomic mass is 16.1. The summed E-state index contributed by atoms with van der Waals surface area (Å²) < 4.78 is 0. The molecule has 0 fully saturated rings. The van der Waals surface area contributed by atoms with Crippen LogP contribution in [0.15, 0.2) is 48.7 Å². The van der Waals surface area contributed by atoms with Crippen molar-refractivity contribution >= 4 is 5.91 Å². The topological polar surface area (TPSA) is 68.0 Å². The lowest BCUT2D eigenvalue weighted by atomic mass is 10.0. The molecule has 1 unspecified atom stereocenters. The molecular weight excluding hydrogens is 262 g/mol. The summed E-state index contributed by atoms with van der Waals surface area (Å²) in [4.78, 5) is 16.3. The fourth-order valence-corrected chi connectivity index (χ4v) is 2.22. The number of nitrogens with two attached hydrogens (primary N) is 1. The zero-order chi connectivity index (χ0) is 15.1. The highest BCUT2D eigenvalue weighted by Gasteiger charge is 2.11. The van der Waals surface area contributed by atoms with Crippen molar-refractivity contribution in [2.24, 2.45) is 5.73 Å². The molecule has 1 aromatic carbocycles. The number of hydrogen-bond acceptors (Lipinski definition) is 3. The summed E-state index contributed by atoms with van der Waals surface area (Å²) in [6, 6.07) is 13.3. The third-order valence-electron chi connectivity index (χ3n) is 3.45.